The van der Waals surface area contributed by atoms with Crippen molar-refractivity contribution < 1.29 is 4.74 Å². The summed E-state index contributed by atoms with van der Waals surface area (Å²) in [6.07, 6.45) is 8.07. The molecule has 0 spiro atoms. The lowest BCUT2D eigenvalue weighted by Gasteiger charge is -2.34. The van der Waals surface area contributed by atoms with Crippen molar-refractivity contribution in [2.24, 2.45) is 4.99 Å². The Labute approximate surface area is 203 Å². The maximum Gasteiger partial charge on any atom is 0.193 e. The standard InChI is InChI=1S/C24H33N5O.HI/c1-25-24(29-16-11-22(12-17-29)30-21-8-4-2-5-9-21)27-19-20-10-13-26-23(18-20)28-14-6-3-7-15-28;/h2,4-5,8-10,13,18,22H,3,6-7,11-12,14-17,19H2,1H3,(H,25,27);1H. The minimum Gasteiger partial charge on any atom is -0.490 e. The molecule has 0 bridgehead atoms. The molecule has 7 heteroatoms. The second-order valence-electron chi connectivity index (χ2n) is 8.09. The molecule has 2 saturated heterocycles. The van der Waals surface area contributed by atoms with Crippen molar-refractivity contribution in [2.75, 3.05) is 38.1 Å². The van der Waals surface area contributed by atoms with Crippen LogP contribution in [0.25, 0.3) is 0 Å². The molecule has 6 nitrogen and oxygen atoms in total. The van der Waals surface area contributed by atoms with Gasteiger partial charge in [-0.15, -0.1) is 24.0 Å². The number of hydrogen-bond donors (Lipinski definition) is 1. The normalized spacial score (nSPS) is 17.8. The number of ether oxygens (including phenoxy) is 1. The van der Waals surface area contributed by atoms with Gasteiger partial charge in [0.25, 0.3) is 0 Å². The van der Waals surface area contributed by atoms with Crippen LogP contribution in [0.4, 0.5) is 5.82 Å². The third-order valence-corrected chi connectivity index (χ3v) is 5.94. The molecule has 0 unspecified atom stereocenters. The van der Waals surface area contributed by atoms with E-state index in [2.05, 4.69) is 37.2 Å². The molecule has 168 valence electrons. The van der Waals surface area contributed by atoms with E-state index in [1.165, 1.54) is 24.8 Å². The molecule has 2 aromatic rings. The molecule has 1 N–H and O–H groups in total. The Kier molecular flexibility index (Phi) is 9.24. The molecule has 0 radical (unpaired) electrons. The van der Waals surface area contributed by atoms with E-state index in [4.69, 9.17) is 4.74 Å². The molecule has 0 atom stereocenters. The van der Waals surface area contributed by atoms with Crippen LogP contribution < -0.4 is 15.0 Å². The van der Waals surface area contributed by atoms with Crippen LogP contribution >= 0.6 is 24.0 Å². The lowest BCUT2D eigenvalue weighted by molar-refractivity contribution is 0.129. The number of pyridine rings is 1. The summed E-state index contributed by atoms with van der Waals surface area (Å²) >= 11 is 0. The minimum atomic E-state index is 0. The zero-order chi connectivity index (χ0) is 20.6. The number of para-hydroxylation sites is 1. The Morgan fingerprint density at radius 1 is 1.06 bits per heavy atom. The van der Waals surface area contributed by atoms with Crippen molar-refractivity contribution in [1.82, 2.24) is 15.2 Å². The van der Waals surface area contributed by atoms with Crippen LogP contribution in [0.3, 0.4) is 0 Å². The van der Waals surface area contributed by atoms with Gasteiger partial charge < -0.3 is 19.9 Å². The monoisotopic (exact) mass is 535 g/mol. The van der Waals surface area contributed by atoms with Gasteiger partial charge in [-0.25, -0.2) is 4.98 Å². The van der Waals surface area contributed by atoms with Crippen LogP contribution in [0.5, 0.6) is 5.75 Å². The van der Waals surface area contributed by atoms with Gasteiger partial charge in [-0.3, -0.25) is 4.99 Å². The molecular formula is C24H34IN5O. The van der Waals surface area contributed by atoms with Crippen LogP contribution in [-0.2, 0) is 6.54 Å². The first-order chi connectivity index (χ1) is 14.8. The number of aliphatic imine (C=N–C) groups is 1. The van der Waals surface area contributed by atoms with Crippen molar-refractivity contribution in [2.45, 2.75) is 44.8 Å². The van der Waals surface area contributed by atoms with Crippen molar-refractivity contribution in [1.29, 1.82) is 0 Å². The van der Waals surface area contributed by atoms with Gasteiger partial charge in [-0.2, -0.15) is 0 Å². The van der Waals surface area contributed by atoms with Gasteiger partial charge in [0.15, 0.2) is 5.96 Å². The number of nitrogens with zero attached hydrogens (tertiary/aromatic N) is 4. The van der Waals surface area contributed by atoms with Crippen molar-refractivity contribution in [3.63, 3.8) is 0 Å². The average Bonchev–Trinajstić information content (AvgIpc) is 2.82. The summed E-state index contributed by atoms with van der Waals surface area (Å²) < 4.78 is 6.12. The Bertz CT molecular complexity index is 818. The molecule has 31 heavy (non-hydrogen) atoms. The molecule has 3 heterocycles. The molecule has 1 aromatic carbocycles. The Balaban J connectivity index is 0.00000272. The summed E-state index contributed by atoms with van der Waals surface area (Å²) in [5, 5.41) is 3.54. The second-order valence-corrected chi connectivity index (χ2v) is 8.09. The number of halogens is 1. The average molecular weight is 535 g/mol. The van der Waals surface area contributed by atoms with Crippen LogP contribution in [0.1, 0.15) is 37.7 Å². The Morgan fingerprint density at radius 3 is 2.52 bits per heavy atom. The molecule has 4 rings (SSSR count). The maximum absolute atomic E-state index is 6.12. The van der Waals surface area contributed by atoms with Crippen LogP contribution in [0.2, 0.25) is 0 Å². The SMILES string of the molecule is CN=C(NCc1ccnc(N2CCCCC2)c1)N1CCC(Oc2ccccc2)CC1.I. The van der Waals surface area contributed by atoms with Gasteiger partial charge in [0.1, 0.15) is 17.7 Å². The summed E-state index contributed by atoms with van der Waals surface area (Å²) in [5.41, 5.74) is 1.24. The van der Waals surface area contributed by atoms with Gasteiger partial charge in [0, 0.05) is 58.8 Å². The van der Waals surface area contributed by atoms with Gasteiger partial charge in [0.05, 0.1) is 0 Å². The quantitative estimate of drug-likeness (QED) is 0.352. The highest BCUT2D eigenvalue weighted by atomic mass is 127. The maximum atomic E-state index is 6.12. The van der Waals surface area contributed by atoms with E-state index < -0.39 is 0 Å². The molecule has 2 aliphatic rings. The van der Waals surface area contributed by atoms with E-state index in [1.807, 2.05) is 43.6 Å². The van der Waals surface area contributed by atoms with E-state index in [9.17, 15) is 0 Å². The number of aromatic nitrogens is 1. The number of rotatable bonds is 5. The fraction of sp³-hybridized carbons (Fsp3) is 0.500. The van der Waals surface area contributed by atoms with Crippen molar-refractivity contribution >= 4 is 35.8 Å². The zero-order valence-corrected chi connectivity index (χ0v) is 20.7. The highest BCUT2D eigenvalue weighted by Gasteiger charge is 2.22. The van der Waals surface area contributed by atoms with E-state index in [-0.39, 0.29) is 30.1 Å². The summed E-state index contributed by atoms with van der Waals surface area (Å²) in [6, 6.07) is 14.4. The fourth-order valence-corrected chi connectivity index (χ4v) is 4.26. The number of likely N-dealkylation sites (tertiary alicyclic amines) is 1. The first-order valence-electron chi connectivity index (χ1n) is 11.2. The Hall–Kier alpha value is -2.03. The topological polar surface area (TPSA) is 53.0 Å². The third-order valence-electron chi connectivity index (χ3n) is 5.94. The van der Waals surface area contributed by atoms with Crippen LogP contribution in [-0.4, -0.2) is 55.2 Å². The molecule has 0 aliphatic carbocycles. The zero-order valence-electron chi connectivity index (χ0n) is 18.4. The van der Waals surface area contributed by atoms with Gasteiger partial charge in [0.2, 0.25) is 0 Å². The van der Waals surface area contributed by atoms with Crippen molar-refractivity contribution in [3.05, 3.63) is 54.2 Å². The minimum absolute atomic E-state index is 0. The summed E-state index contributed by atoms with van der Waals surface area (Å²) in [7, 11) is 1.86. The predicted octanol–water partition coefficient (Wildman–Crippen LogP) is 4.31. The van der Waals surface area contributed by atoms with E-state index >= 15 is 0 Å². The van der Waals surface area contributed by atoms with Crippen LogP contribution in [0.15, 0.2) is 53.7 Å². The first-order valence-corrected chi connectivity index (χ1v) is 11.2. The lowest BCUT2D eigenvalue weighted by atomic mass is 10.1. The van der Waals surface area contributed by atoms with Crippen LogP contribution in [0, 0.1) is 0 Å². The molecule has 2 aliphatic heterocycles. The largest absolute Gasteiger partial charge is 0.490 e. The molecule has 1 aromatic heterocycles. The number of anilines is 1. The van der Waals surface area contributed by atoms with E-state index in [0.717, 1.165) is 63.1 Å². The molecular weight excluding hydrogens is 501 g/mol. The highest BCUT2D eigenvalue weighted by Crippen LogP contribution is 2.20. The third kappa shape index (κ3) is 6.72. The smallest absolute Gasteiger partial charge is 0.193 e. The molecule has 0 amide bonds. The second kappa shape index (κ2) is 12.1. The van der Waals surface area contributed by atoms with Gasteiger partial charge in [-0.1, -0.05) is 18.2 Å². The number of nitrogens with one attached hydrogen (secondary N) is 1. The summed E-state index contributed by atoms with van der Waals surface area (Å²) in [4.78, 5) is 13.8. The highest BCUT2D eigenvalue weighted by molar-refractivity contribution is 14.0. The van der Waals surface area contributed by atoms with Gasteiger partial charge in [-0.05, 0) is 49.1 Å². The summed E-state index contributed by atoms with van der Waals surface area (Å²) in [5.74, 6) is 3.02. The first kappa shape index (κ1) is 23.6. The number of piperidine rings is 2. The predicted molar refractivity (Wildman–Crippen MR) is 138 cm³/mol. The summed E-state index contributed by atoms with van der Waals surface area (Å²) in [6.45, 7) is 4.90. The molecule has 2 fully saturated rings. The lowest BCUT2D eigenvalue weighted by Crippen LogP contribution is -2.47. The number of guanidine groups is 1. The number of benzene rings is 1. The Morgan fingerprint density at radius 2 is 1.81 bits per heavy atom. The molecule has 0 saturated carbocycles. The van der Waals surface area contributed by atoms with Crippen molar-refractivity contribution in [3.8, 4) is 5.75 Å². The fourth-order valence-electron chi connectivity index (χ4n) is 4.26. The van der Waals surface area contributed by atoms with E-state index in [1.54, 1.807) is 0 Å². The number of hydrogen-bond acceptors (Lipinski definition) is 4. The van der Waals surface area contributed by atoms with E-state index in [0.29, 0.717) is 0 Å². The van der Waals surface area contributed by atoms with Gasteiger partial charge >= 0.3 is 0 Å².